The fourth-order valence-electron chi connectivity index (χ4n) is 2.81. The number of para-hydroxylation sites is 2. The van der Waals surface area contributed by atoms with E-state index < -0.39 is 0 Å². The van der Waals surface area contributed by atoms with E-state index >= 15 is 0 Å². The van der Waals surface area contributed by atoms with E-state index in [9.17, 15) is 4.79 Å². The Morgan fingerprint density at radius 1 is 1.43 bits per heavy atom. The molecule has 0 radical (unpaired) electrons. The van der Waals surface area contributed by atoms with E-state index in [2.05, 4.69) is 23.0 Å². The van der Waals surface area contributed by atoms with Crippen LogP contribution in [-0.2, 0) is 0 Å². The molecule has 0 saturated carbocycles. The van der Waals surface area contributed by atoms with Crippen LogP contribution in [0.15, 0.2) is 34.9 Å². The maximum Gasteiger partial charge on any atom is 0.292 e. The van der Waals surface area contributed by atoms with Gasteiger partial charge in [-0.3, -0.25) is 4.79 Å². The second kappa shape index (κ2) is 6.32. The number of aromatic nitrogens is 1. The van der Waals surface area contributed by atoms with Crippen molar-refractivity contribution in [3.63, 3.8) is 0 Å². The molecule has 0 fully saturated rings. The highest BCUT2D eigenvalue weighted by Gasteiger charge is 2.27. The molecule has 1 aliphatic heterocycles. The lowest BCUT2D eigenvalue weighted by Gasteiger charge is -2.37. The molecule has 1 aliphatic rings. The summed E-state index contributed by atoms with van der Waals surface area (Å²) in [4.78, 5) is 16.2. The molecule has 0 aliphatic carbocycles. The Hall–Kier alpha value is -2.50. The summed E-state index contributed by atoms with van der Waals surface area (Å²) in [5.41, 5.74) is 1.80. The van der Waals surface area contributed by atoms with E-state index in [4.69, 9.17) is 9.26 Å². The van der Waals surface area contributed by atoms with Gasteiger partial charge < -0.3 is 19.1 Å². The first kappa shape index (κ1) is 15.4. The zero-order chi connectivity index (χ0) is 16.4. The summed E-state index contributed by atoms with van der Waals surface area (Å²) in [6.45, 7) is 6.05. The molecule has 0 saturated heterocycles. The number of hydrogen-bond acceptors (Lipinski definition) is 5. The second-order valence-electron chi connectivity index (χ2n) is 5.76. The van der Waals surface area contributed by atoms with Crippen LogP contribution < -0.4 is 9.64 Å². The molecule has 1 aromatic carbocycles. The number of anilines is 1. The number of rotatable bonds is 4. The molecular weight excluding hydrogens is 294 g/mol. The van der Waals surface area contributed by atoms with Crippen LogP contribution in [0.25, 0.3) is 0 Å². The van der Waals surface area contributed by atoms with Crippen LogP contribution in [0.3, 0.4) is 0 Å². The molecule has 122 valence electrons. The second-order valence-corrected chi connectivity index (χ2v) is 5.76. The van der Waals surface area contributed by atoms with Crippen LogP contribution in [0.4, 0.5) is 5.69 Å². The standard InChI is InChI=1S/C17H21N3O3/c1-4-20-11-13(22-15-8-6-5-7-14(15)20)10-19(3)17(21)16-9-12(2)18-23-16/h5-9,13H,4,10-11H2,1-3H3/t13-/m0/s1. The van der Waals surface area contributed by atoms with Crippen LogP contribution in [0.2, 0.25) is 0 Å². The van der Waals surface area contributed by atoms with E-state index in [1.807, 2.05) is 18.2 Å². The monoisotopic (exact) mass is 315 g/mol. The number of carbonyl (C=O) groups excluding carboxylic acids is 1. The Labute approximate surface area is 135 Å². The predicted molar refractivity (Wildman–Crippen MR) is 86.9 cm³/mol. The van der Waals surface area contributed by atoms with E-state index in [1.165, 1.54) is 0 Å². The first-order chi connectivity index (χ1) is 11.1. The third-order valence-corrected chi connectivity index (χ3v) is 3.97. The van der Waals surface area contributed by atoms with Crippen molar-refractivity contribution in [2.75, 3.05) is 31.6 Å². The van der Waals surface area contributed by atoms with Gasteiger partial charge in [0, 0.05) is 19.7 Å². The number of carbonyl (C=O) groups is 1. The molecule has 23 heavy (non-hydrogen) atoms. The summed E-state index contributed by atoms with van der Waals surface area (Å²) >= 11 is 0. The Morgan fingerprint density at radius 2 is 2.22 bits per heavy atom. The molecule has 6 nitrogen and oxygen atoms in total. The minimum absolute atomic E-state index is 0.0807. The summed E-state index contributed by atoms with van der Waals surface area (Å²) < 4.78 is 11.1. The maximum atomic E-state index is 12.4. The van der Waals surface area contributed by atoms with Gasteiger partial charge in [-0.25, -0.2) is 0 Å². The number of aryl methyl sites for hydroxylation is 1. The molecule has 0 unspecified atom stereocenters. The van der Waals surface area contributed by atoms with Gasteiger partial charge in [-0.1, -0.05) is 17.3 Å². The van der Waals surface area contributed by atoms with Crippen molar-refractivity contribution in [3.8, 4) is 5.75 Å². The lowest BCUT2D eigenvalue weighted by atomic mass is 10.2. The Balaban J connectivity index is 1.70. The molecule has 3 rings (SSSR count). The molecule has 1 atom stereocenters. The molecule has 0 bridgehead atoms. The summed E-state index contributed by atoms with van der Waals surface area (Å²) in [5, 5.41) is 3.76. The molecular formula is C17H21N3O3. The number of likely N-dealkylation sites (N-methyl/N-ethyl adjacent to an activating group) is 2. The SMILES string of the molecule is CCN1C[C@H](CN(C)C(=O)c2cc(C)no2)Oc2ccccc21. The summed E-state index contributed by atoms with van der Waals surface area (Å²) in [6.07, 6.45) is -0.0807. The highest BCUT2D eigenvalue weighted by Crippen LogP contribution is 2.32. The average Bonchev–Trinajstić information content (AvgIpc) is 2.99. The molecule has 1 aromatic heterocycles. The predicted octanol–water partition coefficient (Wildman–Crippen LogP) is 2.34. The summed E-state index contributed by atoms with van der Waals surface area (Å²) in [6, 6.07) is 9.63. The zero-order valence-corrected chi connectivity index (χ0v) is 13.7. The van der Waals surface area contributed by atoms with Crippen LogP contribution in [0.1, 0.15) is 23.2 Å². The molecule has 6 heteroatoms. The van der Waals surface area contributed by atoms with Gasteiger partial charge in [-0.2, -0.15) is 0 Å². The van der Waals surface area contributed by atoms with Gasteiger partial charge in [0.05, 0.1) is 24.5 Å². The molecule has 2 heterocycles. The normalized spacial score (nSPS) is 16.7. The Morgan fingerprint density at radius 3 is 2.91 bits per heavy atom. The van der Waals surface area contributed by atoms with Crippen molar-refractivity contribution in [1.82, 2.24) is 10.1 Å². The highest BCUT2D eigenvalue weighted by molar-refractivity contribution is 5.91. The van der Waals surface area contributed by atoms with Gasteiger partial charge in [0.1, 0.15) is 11.9 Å². The van der Waals surface area contributed by atoms with Gasteiger partial charge in [0.15, 0.2) is 0 Å². The van der Waals surface area contributed by atoms with E-state index in [0.29, 0.717) is 12.2 Å². The number of amides is 1. The minimum atomic E-state index is -0.184. The van der Waals surface area contributed by atoms with Crippen molar-refractivity contribution in [2.24, 2.45) is 0 Å². The zero-order valence-electron chi connectivity index (χ0n) is 13.7. The van der Waals surface area contributed by atoms with Gasteiger partial charge >= 0.3 is 0 Å². The van der Waals surface area contributed by atoms with Crippen LogP contribution in [0.5, 0.6) is 5.75 Å². The maximum absolute atomic E-state index is 12.4. The van der Waals surface area contributed by atoms with Crippen molar-refractivity contribution in [2.45, 2.75) is 20.0 Å². The van der Waals surface area contributed by atoms with Gasteiger partial charge in [0.2, 0.25) is 5.76 Å². The van der Waals surface area contributed by atoms with Gasteiger partial charge in [0.25, 0.3) is 5.91 Å². The molecule has 0 N–H and O–H groups in total. The first-order valence-electron chi connectivity index (χ1n) is 7.78. The number of nitrogens with zero attached hydrogens (tertiary/aromatic N) is 3. The van der Waals surface area contributed by atoms with E-state index in [-0.39, 0.29) is 17.8 Å². The lowest BCUT2D eigenvalue weighted by Crippen LogP contribution is -2.46. The van der Waals surface area contributed by atoms with Crippen molar-refractivity contribution in [3.05, 3.63) is 41.8 Å². The van der Waals surface area contributed by atoms with Crippen molar-refractivity contribution < 1.29 is 14.1 Å². The average molecular weight is 315 g/mol. The quantitative estimate of drug-likeness (QED) is 0.867. The molecule has 0 spiro atoms. The minimum Gasteiger partial charge on any atom is -0.485 e. The highest BCUT2D eigenvalue weighted by atomic mass is 16.5. The summed E-state index contributed by atoms with van der Waals surface area (Å²) in [7, 11) is 1.75. The first-order valence-corrected chi connectivity index (χ1v) is 7.78. The summed E-state index contributed by atoms with van der Waals surface area (Å²) in [5.74, 6) is 0.937. The fourth-order valence-corrected chi connectivity index (χ4v) is 2.81. The third kappa shape index (κ3) is 3.16. The molecule has 1 amide bonds. The van der Waals surface area contributed by atoms with Crippen LogP contribution >= 0.6 is 0 Å². The van der Waals surface area contributed by atoms with Gasteiger partial charge in [-0.05, 0) is 26.0 Å². The topological polar surface area (TPSA) is 58.8 Å². The third-order valence-electron chi connectivity index (χ3n) is 3.97. The number of benzene rings is 1. The van der Waals surface area contributed by atoms with Crippen LogP contribution in [0, 0.1) is 6.92 Å². The van der Waals surface area contributed by atoms with Crippen molar-refractivity contribution in [1.29, 1.82) is 0 Å². The Kier molecular flexibility index (Phi) is 4.23. The van der Waals surface area contributed by atoms with E-state index in [0.717, 1.165) is 24.5 Å². The largest absolute Gasteiger partial charge is 0.485 e. The van der Waals surface area contributed by atoms with Crippen molar-refractivity contribution >= 4 is 11.6 Å². The van der Waals surface area contributed by atoms with E-state index in [1.54, 1.807) is 24.9 Å². The fraction of sp³-hybridized carbons (Fsp3) is 0.412. The lowest BCUT2D eigenvalue weighted by molar-refractivity contribution is 0.0670. The Bertz CT molecular complexity index is 698. The number of ether oxygens (including phenoxy) is 1. The van der Waals surface area contributed by atoms with Crippen LogP contribution in [-0.4, -0.2) is 48.7 Å². The molecule has 2 aromatic rings. The smallest absolute Gasteiger partial charge is 0.292 e. The number of fused-ring (bicyclic) bond motifs is 1. The van der Waals surface area contributed by atoms with Gasteiger partial charge in [-0.15, -0.1) is 0 Å². The number of hydrogen-bond donors (Lipinski definition) is 0.